The van der Waals surface area contributed by atoms with Crippen LogP contribution in [0.25, 0.3) is 33.5 Å². The summed E-state index contributed by atoms with van der Waals surface area (Å²) in [6.45, 7) is 13.8. The molecular weight excluding hydrogens is 540 g/mol. The number of hydrogen-bond acceptors (Lipinski definition) is 11. The van der Waals surface area contributed by atoms with E-state index in [4.69, 9.17) is 11.5 Å². The molecule has 0 saturated carbocycles. The van der Waals surface area contributed by atoms with Gasteiger partial charge in [0.15, 0.2) is 28.0 Å². The molecule has 16 heteroatoms. The summed E-state index contributed by atoms with van der Waals surface area (Å²) in [6, 6.07) is 2.47. The fraction of sp³-hybridized carbons (Fsp3) is 0.423. The summed E-state index contributed by atoms with van der Waals surface area (Å²) in [7, 11) is 0. The standard InChI is InChI=1S/C9H12N4.2C8H11N5O.CH4/c1-6(2)13-5-12-8-7(10)3-4-11-9(8)13;1-4(2)13-3-10-5-6(13)11-8(9)12-7(5)14;1-4(2)13-7-6(11-12-13)8(14)10-5(3)9-7;/h3-6H,1-2H3,(H2,10,11);3-4H,1-2H3,(H3,9,11,12,14);4H,1-3H3,(H,9,10,14);1H4. The molecule has 0 aromatic carbocycles. The summed E-state index contributed by atoms with van der Waals surface area (Å²) >= 11 is 0. The lowest BCUT2D eigenvalue weighted by molar-refractivity contribution is 0.526. The van der Waals surface area contributed by atoms with Crippen LogP contribution >= 0.6 is 0 Å². The van der Waals surface area contributed by atoms with Gasteiger partial charge in [0.05, 0.1) is 24.4 Å². The van der Waals surface area contributed by atoms with Crippen molar-refractivity contribution in [2.24, 2.45) is 0 Å². The van der Waals surface area contributed by atoms with Gasteiger partial charge in [-0.25, -0.2) is 24.6 Å². The van der Waals surface area contributed by atoms with E-state index in [0.717, 1.165) is 11.2 Å². The third-order valence-corrected chi connectivity index (χ3v) is 6.00. The molecule has 16 nitrogen and oxygen atoms in total. The zero-order valence-corrected chi connectivity index (χ0v) is 24.0. The zero-order valence-electron chi connectivity index (χ0n) is 24.0. The number of imidazole rings is 2. The van der Waals surface area contributed by atoms with Crippen LogP contribution in [0.2, 0.25) is 0 Å². The SMILES string of the molecule is C.CC(C)n1cnc2c(=O)[nH]c(N)nc21.CC(C)n1cnc2c(N)ccnc21.Cc1nc2c(nnn2C(C)C)c(=O)[nH]1. The average molecular weight is 579 g/mol. The highest BCUT2D eigenvalue weighted by atomic mass is 16.1. The van der Waals surface area contributed by atoms with Gasteiger partial charge in [-0.15, -0.1) is 5.10 Å². The first-order chi connectivity index (χ1) is 19.4. The molecule has 0 fully saturated rings. The molecule has 6 rings (SSSR count). The van der Waals surface area contributed by atoms with Crippen LogP contribution < -0.4 is 22.6 Å². The normalized spacial score (nSPS) is 11.1. The Morgan fingerprint density at radius 2 is 1.33 bits per heavy atom. The summed E-state index contributed by atoms with van der Waals surface area (Å²) in [6.07, 6.45) is 5.08. The van der Waals surface area contributed by atoms with Crippen molar-refractivity contribution in [1.82, 2.24) is 59.0 Å². The number of aromatic nitrogens is 12. The monoisotopic (exact) mass is 578 g/mol. The predicted molar refractivity (Wildman–Crippen MR) is 163 cm³/mol. The van der Waals surface area contributed by atoms with E-state index < -0.39 is 0 Å². The fourth-order valence-corrected chi connectivity index (χ4v) is 3.95. The second kappa shape index (κ2) is 12.6. The number of anilines is 2. The van der Waals surface area contributed by atoms with Crippen molar-refractivity contribution in [3.8, 4) is 0 Å². The number of nitrogens with zero attached hydrogens (tertiary/aromatic N) is 10. The molecule has 42 heavy (non-hydrogen) atoms. The molecule has 0 radical (unpaired) electrons. The smallest absolute Gasteiger partial charge is 0.281 e. The quantitative estimate of drug-likeness (QED) is 0.239. The van der Waals surface area contributed by atoms with Gasteiger partial charge in [-0.05, 0) is 54.5 Å². The summed E-state index contributed by atoms with van der Waals surface area (Å²) in [5.74, 6) is 0.691. The van der Waals surface area contributed by atoms with Gasteiger partial charge in [0.2, 0.25) is 5.95 Å². The Hall–Kier alpha value is -5.15. The largest absolute Gasteiger partial charge is 0.397 e. The summed E-state index contributed by atoms with van der Waals surface area (Å²) < 4.78 is 5.45. The number of pyridine rings is 1. The van der Waals surface area contributed by atoms with Crippen molar-refractivity contribution in [2.45, 2.75) is 74.0 Å². The van der Waals surface area contributed by atoms with Crippen LogP contribution in [0.5, 0.6) is 0 Å². The third-order valence-electron chi connectivity index (χ3n) is 6.00. The highest BCUT2D eigenvalue weighted by Crippen LogP contribution is 2.19. The lowest BCUT2D eigenvalue weighted by atomic mass is 10.3. The molecule has 0 unspecified atom stereocenters. The van der Waals surface area contributed by atoms with Crippen molar-refractivity contribution in [3.05, 3.63) is 51.4 Å². The van der Waals surface area contributed by atoms with Gasteiger partial charge in [-0.1, -0.05) is 12.6 Å². The molecule has 0 bridgehead atoms. The van der Waals surface area contributed by atoms with Crippen LogP contribution in [-0.4, -0.2) is 59.0 Å². The summed E-state index contributed by atoms with van der Waals surface area (Å²) in [5.41, 5.74) is 14.7. The van der Waals surface area contributed by atoms with Gasteiger partial charge >= 0.3 is 0 Å². The molecule has 6 heterocycles. The minimum Gasteiger partial charge on any atom is -0.397 e. The minimum absolute atomic E-state index is 0. The van der Waals surface area contributed by atoms with Gasteiger partial charge in [-0.3, -0.25) is 14.6 Å². The minimum atomic E-state index is -0.299. The van der Waals surface area contributed by atoms with E-state index in [1.54, 1.807) is 41.1 Å². The van der Waals surface area contributed by atoms with Crippen LogP contribution in [0.4, 0.5) is 11.6 Å². The Kier molecular flexibility index (Phi) is 9.39. The van der Waals surface area contributed by atoms with Gasteiger partial charge in [0, 0.05) is 18.3 Å². The van der Waals surface area contributed by atoms with Crippen molar-refractivity contribution in [2.75, 3.05) is 11.5 Å². The molecule has 6 N–H and O–H groups in total. The topological polar surface area (TPSA) is 223 Å². The number of rotatable bonds is 3. The number of aromatic amines is 2. The molecule has 224 valence electrons. The Labute approximate surface area is 241 Å². The molecule has 0 aliphatic rings. The molecule has 6 aromatic heterocycles. The van der Waals surface area contributed by atoms with E-state index >= 15 is 0 Å². The Morgan fingerprint density at radius 1 is 0.738 bits per heavy atom. The molecule has 0 aliphatic heterocycles. The molecular formula is C26H38N14O2. The van der Waals surface area contributed by atoms with E-state index in [9.17, 15) is 9.59 Å². The van der Waals surface area contributed by atoms with Gasteiger partial charge in [-0.2, -0.15) is 4.98 Å². The second-order valence-electron chi connectivity index (χ2n) is 10.1. The molecule has 6 aromatic rings. The van der Waals surface area contributed by atoms with Gasteiger partial charge < -0.3 is 25.6 Å². The number of nitrogens with one attached hydrogen (secondary N) is 2. The van der Waals surface area contributed by atoms with E-state index in [2.05, 4.69) is 59.0 Å². The van der Waals surface area contributed by atoms with Gasteiger partial charge in [0.25, 0.3) is 11.1 Å². The van der Waals surface area contributed by atoms with E-state index in [1.165, 1.54) is 0 Å². The lowest BCUT2D eigenvalue weighted by Gasteiger charge is -2.06. The van der Waals surface area contributed by atoms with Gasteiger partial charge in [0.1, 0.15) is 11.3 Å². The van der Waals surface area contributed by atoms with Crippen molar-refractivity contribution >= 4 is 45.1 Å². The Balaban J connectivity index is 0.000000171. The van der Waals surface area contributed by atoms with Crippen LogP contribution in [0.15, 0.2) is 34.5 Å². The number of aryl methyl sites for hydroxylation is 1. The van der Waals surface area contributed by atoms with E-state index in [-0.39, 0.29) is 36.6 Å². The number of H-pyrrole nitrogens is 2. The average Bonchev–Trinajstić information content (AvgIpc) is 3.62. The maximum absolute atomic E-state index is 11.4. The van der Waals surface area contributed by atoms with E-state index in [0.29, 0.717) is 39.9 Å². The second-order valence-corrected chi connectivity index (χ2v) is 10.1. The molecule has 0 atom stereocenters. The highest BCUT2D eigenvalue weighted by molar-refractivity contribution is 5.83. The lowest BCUT2D eigenvalue weighted by Crippen LogP contribution is -2.12. The van der Waals surface area contributed by atoms with Crippen LogP contribution in [-0.2, 0) is 0 Å². The van der Waals surface area contributed by atoms with Crippen molar-refractivity contribution < 1.29 is 0 Å². The number of hydrogen-bond donors (Lipinski definition) is 4. The Morgan fingerprint density at radius 3 is 1.95 bits per heavy atom. The summed E-state index contributed by atoms with van der Waals surface area (Å²) in [5, 5.41) is 7.67. The first-order valence-electron chi connectivity index (χ1n) is 13.0. The third kappa shape index (κ3) is 6.26. The molecule has 0 amide bonds. The first kappa shape index (κ1) is 31.4. The number of fused-ring (bicyclic) bond motifs is 3. The maximum Gasteiger partial charge on any atom is 0.281 e. The zero-order chi connectivity index (χ0) is 30.0. The summed E-state index contributed by atoms with van der Waals surface area (Å²) in [4.78, 5) is 48.5. The molecule has 0 spiro atoms. The maximum atomic E-state index is 11.4. The number of nitrogen functional groups attached to an aromatic ring is 2. The fourth-order valence-electron chi connectivity index (χ4n) is 3.95. The first-order valence-corrected chi connectivity index (χ1v) is 13.0. The van der Waals surface area contributed by atoms with Crippen LogP contribution in [0, 0.1) is 6.92 Å². The van der Waals surface area contributed by atoms with Crippen molar-refractivity contribution in [3.63, 3.8) is 0 Å². The highest BCUT2D eigenvalue weighted by Gasteiger charge is 2.12. The number of nitrogens with two attached hydrogens (primary N) is 2. The molecule has 0 saturated heterocycles. The molecule has 0 aliphatic carbocycles. The van der Waals surface area contributed by atoms with E-state index in [1.807, 2.05) is 32.3 Å². The predicted octanol–water partition coefficient (Wildman–Crippen LogP) is 2.92. The van der Waals surface area contributed by atoms with Crippen LogP contribution in [0.3, 0.4) is 0 Å². The van der Waals surface area contributed by atoms with Crippen LogP contribution in [0.1, 0.15) is 72.9 Å². The Bertz CT molecular complexity index is 1820. The van der Waals surface area contributed by atoms with Crippen molar-refractivity contribution in [1.29, 1.82) is 0 Å².